The molecule has 1 aromatic heterocycles. The van der Waals surface area contributed by atoms with Gasteiger partial charge in [-0.3, -0.25) is 4.98 Å². The normalized spacial score (nSPS) is 14.3. The van der Waals surface area contributed by atoms with E-state index < -0.39 is 0 Å². The molecule has 0 amide bonds. The predicted octanol–water partition coefficient (Wildman–Crippen LogP) is 2.88. The minimum atomic E-state index is 0.0942. The Labute approximate surface area is 126 Å². The number of benzene rings is 1. The summed E-state index contributed by atoms with van der Waals surface area (Å²) in [6.45, 7) is 9.04. The van der Waals surface area contributed by atoms with Crippen molar-refractivity contribution in [3.8, 4) is 0 Å². The van der Waals surface area contributed by atoms with Crippen molar-refractivity contribution < 1.29 is 0 Å². The average Bonchev–Trinajstić information content (AvgIpc) is 2.89. The van der Waals surface area contributed by atoms with Gasteiger partial charge in [0.15, 0.2) is 0 Å². The lowest BCUT2D eigenvalue weighted by Gasteiger charge is -2.20. The zero-order valence-corrected chi connectivity index (χ0v) is 12.9. The van der Waals surface area contributed by atoms with Crippen LogP contribution >= 0.6 is 0 Å². The highest BCUT2D eigenvalue weighted by Gasteiger charge is 2.19. The molecule has 0 aliphatic carbocycles. The van der Waals surface area contributed by atoms with Crippen LogP contribution in [0.3, 0.4) is 0 Å². The lowest BCUT2D eigenvalue weighted by molar-refractivity contribution is 0.421. The van der Waals surface area contributed by atoms with Gasteiger partial charge in [0, 0.05) is 25.2 Å². The lowest BCUT2D eigenvalue weighted by atomic mass is 10.1. The van der Waals surface area contributed by atoms with Gasteiger partial charge in [-0.1, -0.05) is 24.3 Å². The van der Waals surface area contributed by atoms with Crippen LogP contribution in [0, 0.1) is 0 Å². The molecule has 4 nitrogen and oxygen atoms in total. The summed E-state index contributed by atoms with van der Waals surface area (Å²) in [5.41, 5.74) is 3.85. The van der Waals surface area contributed by atoms with E-state index in [4.69, 9.17) is 0 Å². The van der Waals surface area contributed by atoms with Crippen LogP contribution < -0.4 is 10.2 Å². The standard InChI is InChI=1S/C17H22N4/c1-17(2,3)20-9-15-8-19-16(10-18-15)21-11-13-6-4-5-7-14(13)12-21/h4-8,10,20H,9,11-12H2,1-3H3. The van der Waals surface area contributed by atoms with E-state index in [-0.39, 0.29) is 5.54 Å². The van der Waals surface area contributed by atoms with Crippen LogP contribution in [0.4, 0.5) is 5.82 Å². The molecule has 0 unspecified atom stereocenters. The Morgan fingerprint density at radius 3 is 2.24 bits per heavy atom. The summed E-state index contributed by atoms with van der Waals surface area (Å²) in [5, 5.41) is 3.43. The quantitative estimate of drug-likeness (QED) is 0.940. The summed E-state index contributed by atoms with van der Waals surface area (Å²) in [5.74, 6) is 0.950. The average molecular weight is 282 g/mol. The Morgan fingerprint density at radius 1 is 1.05 bits per heavy atom. The van der Waals surface area contributed by atoms with Gasteiger partial charge in [0.25, 0.3) is 0 Å². The third-order valence-electron chi connectivity index (χ3n) is 3.66. The van der Waals surface area contributed by atoms with Gasteiger partial charge in [-0.2, -0.15) is 0 Å². The second kappa shape index (κ2) is 5.45. The van der Waals surface area contributed by atoms with E-state index in [9.17, 15) is 0 Å². The van der Waals surface area contributed by atoms with E-state index in [0.29, 0.717) is 0 Å². The molecule has 110 valence electrons. The molecule has 3 rings (SSSR count). The largest absolute Gasteiger partial charge is 0.347 e. The van der Waals surface area contributed by atoms with Crippen molar-refractivity contribution in [2.24, 2.45) is 0 Å². The van der Waals surface area contributed by atoms with Crippen molar-refractivity contribution in [3.63, 3.8) is 0 Å². The minimum Gasteiger partial charge on any atom is -0.347 e. The summed E-state index contributed by atoms with van der Waals surface area (Å²) in [6, 6.07) is 8.55. The van der Waals surface area contributed by atoms with Gasteiger partial charge in [-0.15, -0.1) is 0 Å². The van der Waals surface area contributed by atoms with Gasteiger partial charge in [-0.25, -0.2) is 4.98 Å². The number of hydrogen-bond acceptors (Lipinski definition) is 4. The Bertz CT molecular complexity index is 588. The summed E-state index contributed by atoms with van der Waals surface area (Å²) < 4.78 is 0. The van der Waals surface area contributed by atoms with Gasteiger partial charge < -0.3 is 10.2 Å². The molecule has 2 heterocycles. The molecule has 1 aliphatic heterocycles. The van der Waals surface area contributed by atoms with Crippen LogP contribution in [-0.2, 0) is 19.6 Å². The molecular formula is C17H22N4. The smallest absolute Gasteiger partial charge is 0.147 e. The molecule has 0 radical (unpaired) electrons. The van der Waals surface area contributed by atoms with Gasteiger partial charge in [0.1, 0.15) is 5.82 Å². The molecule has 0 saturated carbocycles. The maximum atomic E-state index is 4.57. The molecule has 1 N–H and O–H groups in total. The third-order valence-corrected chi connectivity index (χ3v) is 3.66. The molecule has 1 aromatic carbocycles. The van der Waals surface area contributed by atoms with Gasteiger partial charge in [0.2, 0.25) is 0 Å². The third kappa shape index (κ3) is 3.39. The van der Waals surface area contributed by atoms with Gasteiger partial charge in [-0.05, 0) is 31.9 Å². The van der Waals surface area contributed by atoms with Gasteiger partial charge in [0.05, 0.1) is 18.1 Å². The fourth-order valence-corrected chi connectivity index (χ4v) is 2.45. The number of nitrogens with one attached hydrogen (secondary N) is 1. The van der Waals surface area contributed by atoms with E-state index in [1.54, 1.807) is 0 Å². The topological polar surface area (TPSA) is 41.1 Å². The second-order valence-electron chi connectivity index (χ2n) is 6.59. The van der Waals surface area contributed by atoms with Crippen molar-refractivity contribution in [1.82, 2.24) is 15.3 Å². The fourth-order valence-electron chi connectivity index (χ4n) is 2.45. The number of nitrogens with zero attached hydrogens (tertiary/aromatic N) is 3. The number of aromatic nitrogens is 2. The van der Waals surface area contributed by atoms with E-state index in [2.05, 4.69) is 65.2 Å². The molecular weight excluding hydrogens is 260 g/mol. The Morgan fingerprint density at radius 2 is 1.71 bits per heavy atom. The molecule has 2 aromatic rings. The Kier molecular flexibility index (Phi) is 3.64. The highest BCUT2D eigenvalue weighted by Crippen LogP contribution is 2.26. The van der Waals surface area contributed by atoms with Crippen molar-refractivity contribution in [2.75, 3.05) is 4.90 Å². The molecule has 4 heteroatoms. The first kappa shape index (κ1) is 14.0. The van der Waals surface area contributed by atoms with E-state index in [1.807, 2.05) is 12.4 Å². The van der Waals surface area contributed by atoms with Crippen LogP contribution in [0.2, 0.25) is 0 Å². The number of rotatable bonds is 3. The summed E-state index contributed by atoms with van der Waals surface area (Å²) >= 11 is 0. The summed E-state index contributed by atoms with van der Waals surface area (Å²) in [4.78, 5) is 11.4. The van der Waals surface area contributed by atoms with Crippen LogP contribution in [0.15, 0.2) is 36.7 Å². The van der Waals surface area contributed by atoms with Crippen molar-refractivity contribution in [3.05, 3.63) is 53.5 Å². The lowest BCUT2D eigenvalue weighted by Crippen LogP contribution is -2.35. The molecule has 0 bridgehead atoms. The van der Waals surface area contributed by atoms with Crippen LogP contribution in [0.5, 0.6) is 0 Å². The predicted molar refractivity (Wildman–Crippen MR) is 85.0 cm³/mol. The zero-order valence-electron chi connectivity index (χ0n) is 12.9. The Balaban J connectivity index is 1.66. The van der Waals surface area contributed by atoms with Crippen molar-refractivity contribution >= 4 is 5.82 Å². The maximum absolute atomic E-state index is 4.57. The highest BCUT2D eigenvalue weighted by atomic mass is 15.2. The molecule has 0 fully saturated rings. The second-order valence-corrected chi connectivity index (χ2v) is 6.59. The number of anilines is 1. The van der Waals surface area contributed by atoms with E-state index in [0.717, 1.165) is 31.1 Å². The number of fused-ring (bicyclic) bond motifs is 1. The van der Waals surface area contributed by atoms with E-state index >= 15 is 0 Å². The SMILES string of the molecule is CC(C)(C)NCc1cnc(N2Cc3ccccc3C2)cn1. The van der Waals surface area contributed by atoms with Crippen LogP contribution in [0.25, 0.3) is 0 Å². The molecule has 21 heavy (non-hydrogen) atoms. The maximum Gasteiger partial charge on any atom is 0.147 e. The Hall–Kier alpha value is -1.94. The minimum absolute atomic E-state index is 0.0942. The first-order chi connectivity index (χ1) is 10.0. The monoisotopic (exact) mass is 282 g/mol. The molecule has 1 aliphatic rings. The van der Waals surface area contributed by atoms with Crippen molar-refractivity contribution in [2.45, 2.75) is 45.9 Å². The van der Waals surface area contributed by atoms with E-state index in [1.165, 1.54) is 11.1 Å². The molecule has 0 saturated heterocycles. The van der Waals surface area contributed by atoms with Gasteiger partial charge >= 0.3 is 0 Å². The highest BCUT2D eigenvalue weighted by molar-refractivity contribution is 5.45. The number of hydrogen-bond donors (Lipinski definition) is 1. The first-order valence-corrected chi connectivity index (χ1v) is 7.39. The molecule has 0 atom stereocenters. The first-order valence-electron chi connectivity index (χ1n) is 7.39. The van der Waals surface area contributed by atoms with Crippen molar-refractivity contribution in [1.29, 1.82) is 0 Å². The molecule has 0 spiro atoms. The van der Waals surface area contributed by atoms with Crippen LogP contribution in [-0.4, -0.2) is 15.5 Å². The fraction of sp³-hybridized carbons (Fsp3) is 0.412. The van der Waals surface area contributed by atoms with Crippen LogP contribution in [0.1, 0.15) is 37.6 Å². The zero-order chi connectivity index (χ0) is 14.9. The summed E-state index contributed by atoms with van der Waals surface area (Å²) in [7, 11) is 0. The summed E-state index contributed by atoms with van der Waals surface area (Å²) in [6.07, 6.45) is 3.75.